The van der Waals surface area contributed by atoms with Gasteiger partial charge in [-0.1, -0.05) is 29.8 Å². The SMILES string of the molecule is CCN(C(=O)O)C(=O)C(C#N)=NNc1ccc(C(C)(C#N)c2ccc(F)cc2)c(Cl)c1. The summed E-state index contributed by atoms with van der Waals surface area (Å²) in [7, 11) is 0. The van der Waals surface area contributed by atoms with E-state index < -0.39 is 28.9 Å². The Morgan fingerprint density at radius 2 is 1.90 bits per heavy atom. The minimum absolute atomic E-state index is 0.147. The van der Waals surface area contributed by atoms with E-state index in [9.17, 15) is 19.2 Å². The number of nitrogens with one attached hydrogen (secondary N) is 1. The number of imide groups is 1. The Bertz CT molecular complexity index is 1120. The number of hydrogen-bond donors (Lipinski definition) is 2. The molecule has 0 heterocycles. The van der Waals surface area contributed by atoms with Crippen LogP contribution >= 0.6 is 11.6 Å². The van der Waals surface area contributed by atoms with E-state index in [0.717, 1.165) is 0 Å². The number of halogens is 2. The van der Waals surface area contributed by atoms with Crippen LogP contribution in [0.5, 0.6) is 0 Å². The van der Waals surface area contributed by atoms with Crippen LogP contribution < -0.4 is 5.43 Å². The lowest BCUT2D eigenvalue weighted by Gasteiger charge is -2.24. The van der Waals surface area contributed by atoms with Crippen LogP contribution in [-0.2, 0) is 10.2 Å². The Kier molecular flexibility index (Phi) is 7.30. The molecule has 2 rings (SSSR count). The largest absolute Gasteiger partial charge is 0.465 e. The number of nitriles is 2. The van der Waals surface area contributed by atoms with E-state index in [1.165, 1.54) is 43.3 Å². The quantitative estimate of drug-likeness (QED) is 0.512. The Labute approximate surface area is 182 Å². The molecule has 10 heteroatoms. The number of hydrogen-bond acceptors (Lipinski definition) is 6. The molecule has 0 fully saturated rings. The van der Waals surface area contributed by atoms with Gasteiger partial charge >= 0.3 is 6.09 Å². The lowest BCUT2D eigenvalue weighted by Crippen LogP contribution is -2.40. The minimum atomic E-state index is -1.50. The first kappa shape index (κ1) is 23.3. The molecule has 2 amide bonds. The number of rotatable bonds is 6. The maximum atomic E-state index is 13.3. The molecule has 8 nitrogen and oxygen atoms in total. The molecule has 2 aromatic rings. The third-order valence-corrected chi connectivity index (χ3v) is 4.86. The predicted octanol–water partition coefficient (Wildman–Crippen LogP) is 4.13. The van der Waals surface area contributed by atoms with Gasteiger partial charge in [-0.15, -0.1) is 0 Å². The Balaban J connectivity index is 2.34. The van der Waals surface area contributed by atoms with Crippen LogP contribution in [0.3, 0.4) is 0 Å². The highest BCUT2D eigenvalue weighted by atomic mass is 35.5. The van der Waals surface area contributed by atoms with Gasteiger partial charge in [-0.2, -0.15) is 15.6 Å². The van der Waals surface area contributed by atoms with Crippen molar-refractivity contribution in [1.29, 1.82) is 10.5 Å². The first-order chi connectivity index (χ1) is 14.7. The molecule has 0 aromatic heterocycles. The van der Waals surface area contributed by atoms with Gasteiger partial charge in [0.1, 0.15) is 17.3 Å². The molecule has 0 saturated heterocycles. The monoisotopic (exact) mass is 441 g/mol. The zero-order valence-electron chi connectivity index (χ0n) is 16.6. The second kappa shape index (κ2) is 9.70. The van der Waals surface area contributed by atoms with Crippen LogP contribution in [0.15, 0.2) is 47.6 Å². The van der Waals surface area contributed by atoms with Crippen molar-refractivity contribution in [1.82, 2.24) is 4.90 Å². The molecule has 1 unspecified atom stereocenters. The normalized spacial score (nSPS) is 12.8. The maximum absolute atomic E-state index is 13.3. The third kappa shape index (κ3) is 4.97. The lowest BCUT2D eigenvalue weighted by atomic mass is 9.77. The van der Waals surface area contributed by atoms with Crippen LogP contribution in [0.4, 0.5) is 14.9 Å². The molecule has 0 aliphatic heterocycles. The minimum Gasteiger partial charge on any atom is -0.465 e. The molecular weight excluding hydrogens is 425 g/mol. The highest BCUT2D eigenvalue weighted by Crippen LogP contribution is 2.37. The summed E-state index contributed by atoms with van der Waals surface area (Å²) in [5, 5.41) is 31.8. The van der Waals surface area contributed by atoms with Crippen LogP contribution in [0.1, 0.15) is 25.0 Å². The highest BCUT2D eigenvalue weighted by Gasteiger charge is 2.31. The zero-order chi connectivity index (χ0) is 23.2. The Hall–Kier alpha value is -3.95. The topological polar surface area (TPSA) is 130 Å². The van der Waals surface area contributed by atoms with Crippen molar-refractivity contribution in [3.05, 3.63) is 64.4 Å². The van der Waals surface area contributed by atoms with E-state index in [-0.39, 0.29) is 11.6 Å². The Morgan fingerprint density at radius 1 is 1.26 bits per heavy atom. The number of carbonyl (C=O) groups is 2. The van der Waals surface area contributed by atoms with Gasteiger partial charge in [-0.3, -0.25) is 10.2 Å². The molecule has 0 bridgehead atoms. The average Bonchev–Trinajstić information content (AvgIpc) is 2.74. The van der Waals surface area contributed by atoms with Crippen molar-refractivity contribution in [2.24, 2.45) is 5.10 Å². The first-order valence-corrected chi connectivity index (χ1v) is 9.31. The molecule has 0 saturated carbocycles. The summed E-state index contributed by atoms with van der Waals surface area (Å²) in [6, 6.07) is 13.8. The number of anilines is 1. The van der Waals surface area contributed by atoms with E-state index in [1.54, 1.807) is 19.1 Å². The van der Waals surface area contributed by atoms with Gasteiger partial charge < -0.3 is 5.11 Å². The highest BCUT2D eigenvalue weighted by molar-refractivity contribution is 6.46. The van der Waals surface area contributed by atoms with Crippen LogP contribution in [0.25, 0.3) is 0 Å². The van der Waals surface area contributed by atoms with Crippen molar-refractivity contribution in [2.45, 2.75) is 19.3 Å². The molecule has 2 aromatic carbocycles. The predicted molar refractivity (Wildman–Crippen MR) is 112 cm³/mol. The van der Waals surface area contributed by atoms with Crippen molar-refractivity contribution < 1.29 is 19.1 Å². The number of hydrazone groups is 1. The van der Waals surface area contributed by atoms with Gasteiger partial charge in [0.25, 0.3) is 5.91 Å². The molecule has 2 N–H and O–H groups in total. The van der Waals surface area contributed by atoms with Crippen LogP contribution in [0, 0.1) is 28.5 Å². The maximum Gasteiger partial charge on any atom is 0.414 e. The number of amides is 2. The first-order valence-electron chi connectivity index (χ1n) is 8.93. The van der Waals surface area contributed by atoms with E-state index in [4.69, 9.17) is 22.0 Å². The summed E-state index contributed by atoms with van der Waals surface area (Å²) in [5.41, 5.74) is 1.97. The fourth-order valence-corrected chi connectivity index (χ4v) is 3.16. The second-order valence-electron chi connectivity index (χ2n) is 6.45. The zero-order valence-corrected chi connectivity index (χ0v) is 17.3. The molecule has 0 spiro atoms. The van der Waals surface area contributed by atoms with E-state index in [1.807, 2.05) is 0 Å². The number of carboxylic acid groups (broad SMARTS) is 1. The number of benzene rings is 2. The summed E-state index contributed by atoms with van der Waals surface area (Å²) in [6.45, 7) is 2.94. The van der Waals surface area contributed by atoms with Crippen molar-refractivity contribution in [3.8, 4) is 12.1 Å². The Morgan fingerprint density at radius 3 is 2.39 bits per heavy atom. The molecule has 0 radical (unpaired) electrons. The van der Waals surface area contributed by atoms with Gasteiger partial charge in [0.05, 0.1) is 11.8 Å². The number of carbonyl (C=O) groups excluding carboxylic acids is 1. The van der Waals surface area contributed by atoms with Crippen molar-refractivity contribution in [2.75, 3.05) is 12.0 Å². The molecule has 0 aliphatic carbocycles. The second-order valence-corrected chi connectivity index (χ2v) is 6.86. The van der Waals surface area contributed by atoms with Gasteiger partial charge in [0.2, 0.25) is 5.71 Å². The standard InChI is InChI=1S/C21H17ClFN5O3/c1-3-28(20(30)31)19(29)18(11-24)27-26-15-8-9-16(17(22)10-15)21(2,12-25)13-4-6-14(23)7-5-13/h4-10,26H,3H2,1-2H3,(H,30,31). The summed E-state index contributed by atoms with van der Waals surface area (Å²) in [4.78, 5) is 23.6. The van der Waals surface area contributed by atoms with Crippen molar-refractivity contribution in [3.63, 3.8) is 0 Å². The summed E-state index contributed by atoms with van der Waals surface area (Å²) < 4.78 is 13.3. The summed E-state index contributed by atoms with van der Waals surface area (Å²) in [5.74, 6) is -1.50. The molecule has 1 atom stereocenters. The van der Waals surface area contributed by atoms with Gasteiger partial charge in [0, 0.05) is 11.6 Å². The molecule has 158 valence electrons. The average molecular weight is 442 g/mol. The smallest absolute Gasteiger partial charge is 0.414 e. The van der Waals surface area contributed by atoms with Crippen molar-refractivity contribution >= 4 is 35.0 Å². The van der Waals surface area contributed by atoms with E-state index in [0.29, 0.717) is 21.7 Å². The lowest BCUT2D eigenvalue weighted by molar-refractivity contribution is -0.121. The molecule has 31 heavy (non-hydrogen) atoms. The third-order valence-electron chi connectivity index (χ3n) is 4.55. The van der Waals surface area contributed by atoms with Crippen LogP contribution in [-0.4, -0.2) is 34.3 Å². The van der Waals surface area contributed by atoms with E-state index in [2.05, 4.69) is 16.6 Å². The van der Waals surface area contributed by atoms with Gasteiger partial charge in [0.15, 0.2) is 0 Å². The summed E-state index contributed by atoms with van der Waals surface area (Å²) in [6.07, 6.45) is -1.50. The van der Waals surface area contributed by atoms with E-state index >= 15 is 0 Å². The number of nitrogens with zero attached hydrogens (tertiary/aromatic N) is 4. The summed E-state index contributed by atoms with van der Waals surface area (Å²) >= 11 is 6.37. The fourth-order valence-electron chi connectivity index (χ4n) is 2.79. The van der Waals surface area contributed by atoms with Crippen LogP contribution in [0.2, 0.25) is 5.02 Å². The molecule has 0 aliphatic rings. The fraction of sp³-hybridized carbons (Fsp3) is 0.190. The van der Waals surface area contributed by atoms with Gasteiger partial charge in [-0.25, -0.2) is 14.1 Å². The van der Waals surface area contributed by atoms with Gasteiger partial charge in [-0.05, 0) is 49.2 Å². The molecular formula is C21H17ClFN5O3.